The molecular formula is C15H28N2O3S. The second kappa shape index (κ2) is 6.24. The zero-order valence-corrected chi connectivity index (χ0v) is 14.2. The van der Waals surface area contributed by atoms with Gasteiger partial charge in [0.2, 0.25) is 5.91 Å². The number of carbonyl (C=O) groups is 1. The first-order chi connectivity index (χ1) is 9.78. The highest BCUT2D eigenvalue weighted by atomic mass is 32.2. The van der Waals surface area contributed by atoms with Crippen LogP contribution in [0.4, 0.5) is 0 Å². The maximum absolute atomic E-state index is 13.0. The van der Waals surface area contributed by atoms with Crippen LogP contribution in [0, 0.1) is 11.3 Å². The smallest absolute Gasteiger partial charge is 0.228 e. The molecule has 2 unspecified atom stereocenters. The summed E-state index contributed by atoms with van der Waals surface area (Å²) < 4.78 is 23.4. The molecule has 5 nitrogen and oxygen atoms in total. The van der Waals surface area contributed by atoms with Crippen molar-refractivity contribution in [1.29, 1.82) is 0 Å². The van der Waals surface area contributed by atoms with Crippen LogP contribution in [0.15, 0.2) is 0 Å². The standard InChI is InChI=1S/C15H28N2O3S/c1-4-17(13-7-9-21(19,20)11-13)14(18)15(2,3)12-6-5-8-16-10-12/h12-13,16H,4-11H2,1-3H3. The third-order valence-corrected chi connectivity index (χ3v) is 6.87. The second-order valence-corrected chi connectivity index (χ2v) is 9.14. The topological polar surface area (TPSA) is 66.5 Å². The molecule has 2 atom stereocenters. The number of rotatable bonds is 4. The Morgan fingerprint density at radius 3 is 2.52 bits per heavy atom. The molecule has 2 heterocycles. The number of hydrogen-bond acceptors (Lipinski definition) is 4. The fourth-order valence-electron chi connectivity index (χ4n) is 3.60. The van der Waals surface area contributed by atoms with Gasteiger partial charge < -0.3 is 10.2 Å². The lowest BCUT2D eigenvalue weighted by Crippen LogP contribution is -2.52. The predicted molar refractivity (Wildman–Crippen MR) is 83.8 cm³/mol. The van der Waals surface area contributed by atoms with Gasteiger partial charge in [-0.3, -0.25) is 4.79 Å². The monoisotopic (exact) mass is 316 g/mol. The van der Waals surface area contributed by atoms with Gasteiger partial charge in [0.25, 0.3) is 0 Å². The maximum Gasteiger partial charge on any atom is 0.228 e. The molecule has 0 aliphatic carbocycles. The minimum atomic E-state index is -2.96. The lowest BCUT2D eigenvalue weighted by molar-refractivity contribution is -0.145. The van der Waals surface area contributed by atoms with Crippen LogP contribution < -0.4 is 5.32 Å². The molecule has 1 amide bonds. The Bertz CT molecular complexity index is 481. The van der Waals surface area contributed by atoms with E-state index in [1.165, 1.54) is 0 Å². The van der Waals surface area contributed by atoms with Crippen molar-refractivity contribution in [2.75, 3.05) is 31.1 Å². The number of piperidine rings is 1. The number of nitrogens with one attached hydrogen (secondary N) is 1. The summed E-state index contributed by atoms with van der Waals surface area (Å²) in [6, 6.07) is -0.136. The Balaban J connectivity index is 2.11. The third kappa shape index (κ3) is 3.59. The van der Waals surface area contributed by atoms with E-state index in [0.29, 0.717) is 18.9 Å². The van der Waals surface area contributed by atoms with Crippen LogP contribution in [0.3, 0.4) is 0 Å². The lowest BCUT2D eigenvalue weighted by atomic mass is 9.73. The average Bonchev–Trinajstić information content (AvgIpc) is 2.80. The summed E-state index contributed by atoms with van der Waals surface area (Å²) in [5, 5.41) is 3.37. The van der Waals surface area contributed by atoms with Crippen molar-refractivity contribution in [3.8, 4) is 0 Å². The lowest BCUT2D eigenvalue weighted by Gasteiger charge is -2.41. The molecule has 2 saturated heterocycles. The van der Waals surface area contributed by atoms with Gasteiger partial charge >= 0.3 is 0 Å². The van der Waals surface area contributed by atoms with E-state index in [0.717, 1.165) is 25.9 Å². The largest absolute Gasteiger partial charge is 0.338 e. The number of hydrogen-bond donors (Lipinski definition) is 1. The van der Waals surface area contributed by atoms with E-state index in [2.05, 4.69) is 5.32 Å². The number of carbonyl (C=O) groups excluding carboxylic acids is 1. The highest BCUT2D eigenvalue weighted by molar-refractivity contribution is 7.91. The molecule has 122 valence electrons. The van der Waals surface area contributed by atoms with Gasteiger partial charge in [0, 0.05) is 18.0 Å². The molecule has 0 spiro atoms. The van der Waals surface area contributed by atoms with Crippen molar-refractivity contribution in [3.63, 3.8) is 0 Å². The van der Waals surface area contributed by atoms with Crippen LogP contribution in [0.1, 0.15) is 40.0 Å². The number of nitrogens with zero attached hydrogens (tertiary/aromatic N) is 1. The minimum Gasteiger partial charge on any atom is -0.338 e. The first-order valence-corrected chi connectivity index (χ1v) is 9.82. The van der Waals surface area contributed by atoms with Crippen LogP contribution in [-0.2, 0) is 14.6 Å². The first-order valence-electron chi connectivity index (χ1n) is 8.00. The van der Waals surface area contributed by atoms with Crippen molar-refractivity contribution in [2.24, 2.45) is 11.3 Å². The Morgan fingerprint density at radius 2 is 2.05 bits per heavy atom. The summed E-state index contributed by atoms with van der Waals surface area (Å²) in [5.74, 6) is 0.782. The molecule has 0 saturated carbocycles. The van der Waals surface area contributed by atoms with E-state index >= 15 is 0 Å². The Morgan fingerprint density at radius 1 is 1.33 bits per heavy atom. The van der Waals surface area contributed by atoms with Gasteiger partial charge in [-0.15, -0.1) is 0 Å². The predicted octanol–water partition coefficient (Wildman–Crippen LogP) is 1.05. The van der Waals surface area contributed by atoms with E-state index in [4.69, 9.17) is 0 Å². The molecule has 2 aliphatic heterocycles. The molecular weight excluding hydrogens is 288 g/mol. The molecule has 2 rings (SSSR count). The quantitative estimate of drug-likeness (QED) is 0.842. The van der Waals surface area contributed by atoms with Gasteiger partial charge in [-0.05, 0) is 45.2 Å². The highest BCUT2D eigenvalue weighted by Gasteiger charge is 2.43. The fourth-order valence-corrected chi connectivity index (χ4v) is 5.33. The van der Waals surface area contributed by atoms with Gasteiger partial charge in [0.1, 0.15) is 0 Å². The molecule has 21 heavy (non-hydrogen) atoms. The fraction of sp³-hybridized carbons (Fsp3) is 0.933. The third-order valence-electron chi connectivity index (χ3n) is 5.12. The normalized spacial score (nSPS) is 29.3. The van der Waals surface area contributed by atoms with Crippen molar-refractivity contribution in [3.05, 3.63) is 0 Å². The van der Waals surface area contributed by atoms with Gasteiger partial charge in [-0.1, -0.05) is 13.8 Å². The SMILES string of the molecule is CCN(C(=O)C(C)(C)C1CCCNC1)C1CCS(=O)(=O)C1. The first kappa shape index (κ1) is 16.7. The molecule has 2 fully saturated rings. The van der Waals surface area contributed by atoms with Gasteiger partial charge in [-0.25, -0.2) is 8.42 Å². The van der Waals surface area contributed by atoms with Crippen LogP contribution in [0.2, 0.25) is 0 Å². The molecule has 6 heteroatoms. The second-order valence-electron chi connectivity index (χ2n) is 6.91. The Labute approximate surface area is 128 Å². The van der Waals surface area contributed by atoms with Crippen LogP contribution >= 0.6 is 0 Å². The number of amides is 1. The van der Waals surface area contributed by atoms with Crippen molar-refractivity contribution < 1.29 is 13.2 Å². The summed E-state index contributed by atoms with van der Waals surface area (Å²) >= 11 is 0. The molecule has 0 radical (unpaired) electrons. The summed E-state index contributed by atoms with van der Waals surface area (Å²) in [7, 11) is -2.96. The average molecular weight is 316 g/mol. The summed E-state index contributed by atoms with van der Waals surface area (Å²) in [6.07, 6.45) is 2.75. The van der Waals surface area contributed by atoms with Crippen LogP contribution in [-0.4, -0.2) is 56.4 Å². The summed E-state index contributed by atoms with van der Waals surface area (Å²) in [4.78, 5) is 14.8. The van der Waals surface area contributed by atoms with Crippen LogP contribution in [0.25, 0.3) is 0 Å². The van der Waals surface area contributed by atoms with E-state index in [-0.39, 0.29) is 23.5 Å². The zero-order valence-electron chi connectivity index (χ0n) is 13.4. The van der Waals surface area contributed by atoms with Crippen molar-refractivity contribution >= 4 is 15.7 Å². The maximum atomic E-state index is 13.0. The van der Waals surface area contributed by atoms with E-state index in [1.54, 1.807) is 4.90 Å². The molecule has 0 aromatic heterocycles. The zero-order chi connectivity index (χ0) is 15.7. The highest BCUT2D eigenvalue weighted by Crippen LogP contribution is 2.35. The Hall–Kier alpha value is -0.620. The summed E-state index contributed by atoms with van der Waals surface area (Å²) in [5.41, 5.74) is -0.435. The van der Waals surface area contributed by atoms with Crippen LogP contribution in [0.5, 0.6) is 0 Å². The molecule has 0 aromatic rings. The molecule has 2 aliphatic rings. The Kier molecular flexibility index (Phi) is 4.98. The van der Waals surface area contributed by atoms with E-state index < -0.39 is 15.3 Å². The van der Waals surface area contributed by atoms with Gasteiger partial charge in [0.15, 0.2) is 9.84 Å². The minimum absolute atomic E-state index is 0.112. The van der Waals surface area contributed by atoms with E-state index in [9.17, 15) is 13.2 Å². The van der Waals surface area contributed by atoms with E-state index in [1.807, 2.05) is 20.8 Å². The van der Waals surface area contributed by atoms with Crippen molar-refractivity contribution in [2.45, 2.75) is 46.1 Å². The van der Waals surface area contributed by atoms with Gasteiger partial charge in [-0.2, -0.15) is 0 Å². The molecule has 1 N–H and O–H groups in total. The molecule has 0 bridgehead atoms. The van der Waals surface area contributed by atoms with Crippen molar-refractivity contribution in [1.82, 2.24) is 10.2 Å². The molecule has 0 aromatic carbocycles. The number of sulfone groups is 1. The summed E-state index contributed by atoms with van der Waals surface area (Å²) in [6.45, 7) is 8.46. The van der Waals surface area contributed by atoms with Gasteiger partial charge in [0.05, 0.1) is 11.5 Å².